The zero-order valence-electron chi connectivity index (χ0n) is 19.4. The van der Waals surface area contributed by atoms with Gasteiger partial charge in [-0.2, -0.15) is 5.10 Å². The molecular weight excluding hydrogens is 466 g/mol. The molecule has 1 N–H and O–H groups in total. The molecular formula is C25H27N5O2S2. The van der Waals surface area contributed by atoms with Crippen LogP contribution in [0.4, 0.5) is 5.82 Å². The first kappa shape index (κ1) is 22.9. The number of para-hydroxylation sites is 1. The van der Waals surface area contributed by atoms with Crippen LogP contribution in [0.1, 0.15) is 43.7 Å². The van der Waals surface area contributed by atoms with Crippen molar-refractivity contribution in [3.8, 4) is 5.69 Å². The number of amides is 1. The fourth-order valence-corrected chi connectivity index (χ4v) is 6.64. The van der Waals surface area contributed by atoms with Gasteiger partial charge in [-0.05, 0) is 56.7 Å². The third-order valence-electron chi connectivity index (χ3n) is 6.07. The fraction of sp³-hybridized carbons (Fsp3) is 0.360. The van der Waals surface area contributed by atoms with Crippen LogP contribution in [-0.2, 0) is 17.6 Å². The average Bonchev–Trinajstić information content (AvgIpc) is 3.42. The predicted molar refractivity (Wildman–Crippen MR) is 138 cm³/mol. The van der Waals surface area contributed by atoms with Gasteiger partial charge in [0, 0.05) is 17.0 Å². The molecule has 3 heterocycles. The third kappa shape index (κ3) is 4.30. The molecule has 34 heavy (non-hydrogen) atoms. The molecule has 0 bridgehead atoms. The van der Waals surface area contributed by atoms with Crippen molar-refractivity contribution in [2.24, 2.45) is 5.92 Å². The predicted octanol–water partition coefficient (Wildman–Crippen LogP) is 5.08. The maximum Gasteiger partial charge on any atom is 0.267 e. The summed E-state index contributed by atoms with van der Waals surface area (Å²) >= 11 is 2.91. The topological polar surface area (TPSA) is 81.8 Å². The Morgan fingerprint density at radius 3 is 2.82 bits per heavy atom. The number of hydrogen-bond donors (Lipinski definition) is 1. The van der Waals surface area contributed by atoms with Crippen molar-refractivity contribution in [3.05, 3.63) is 63.4 Å². The highest BCUT2D eigenvalue weighted by Gasteiger charge is 2.25. The average molecular weight is 494 g/mol. The number of aryl methyl sites for hydroxylation is 1. The van der Waals surface area contributed by atoms with Gasteiger partial charge < -0.3 is 5.32 Å². The largest absolute Gasteiger partial charge is 0.310 e. The third-order valence-corrected chi connectivity index (χ3v) is 8.16. The quantitative estimate of drug-likeness (QED) is 0.299. The molecule has 1 unspecified atom stereocenters. The summed E-state index contributed by atoms with van der Waals surface area (Å²) in [6, 6.07) is 11.5. The molecule has 0 saturated carbocycles. The zero-order valence-corrected chi connectivity index (χ0v) is 21.1. The second-order valence-corrected chi connectivity index (χ2v) is 11.0. The SMILES string of the molecule is CC1CCc2c(sc3nc(SCC(=O)Nc4ccnn4C(C)C)n(-c4ccccc4)c(=O)c23)C1. The number of thioether (sulfide) groups is 1. The molecule has 3 aromatic heterocycles. The van der Waals surface area contributed by atoms with Crippen LogP contribution in [0.25, 0.3) is 15.9 Å². The van der Waals surface area contributed by atoms with E-state index in [4.69, 9.17) is 4.98 Å². The second-order valence-electron chi connectivity index (χ2n) is 8.99. The van der Waals surface area contributed by atoms with Crippen LogP contribution < -0.4 is 10.9 Å². The van der Waals surface area contributed by atoms with Crippen LogP contribution in [0.3, 0.4) is 0 Å². The van der Waals surface area contributed by atoms with Crippen molar-refractivity contribution in [3.63, 3.8) is 0 Å². The summed E-state index contributed by atoms with van der Waals surface area (Å²) < 4.78 is 3.42. The van der Waals surface area contributed by atoms with Gasteiger partial charge in [0.2, 0.25) is 5.91 Å². The second kappa shape index (κ2) is 9.38. The molecule has 0 saturated heterocycles. The van der Waals surface area contributed by atoms with Crippen LogP contribution in [0.15, 0.2) is 52.5 Å². The Balaban J connectivity index is 1.50. The molecule has 1 amide bonds. The number of carbonyl (C=O) groups is 1. The van der Waals surface area contributed by atoms with E-state index < -0.39 is 0 Å². The highest BCUT2D eigenvalue weighted by Crippen LogP contribution is 2.37. The normalized spacial score (nSPS) is 15.6. The van der Waals surface area contributed by atoms with E-state index in [-0.39, 0.29) is 23.3 Å². The number of rotatable bonds is 6. The number of benzene rings is 1. The summed E-state index contributed by atoms with van der Waals surface area (Å²) in [7, 11) is 0. The number of carbonyl (C=O) groups excluding carboxylic acids is 1. The lowest BCUT2D eigenvalue weighted by molar-refractivity contribution is -0.113. The van der Waals surface area contributed by atoms with Crippen molar-refractivity contribution in [1.29, 1.82) is 0 Å². The number of nitrogens with zero attached hydrogens (tertiary/aromatic N) is 4. The molecule has 5 rings (SSSR count). The van der Waals surface area contributed by atoms with E-state index in [2.05, 4.69) is 17.3 Å². The highest BCUT2D eigenvalue weighted by molar-refractivity contribution is 7.99. The van der Waals surface area contributed by atoms with E-state index in [1.165, 1.54) is 16.6 Å². The van der Waals surface area contributed by atoms with Gasteiger partial charge in [-0.25, -0.2) is 9.67 Å². The van der Waals surface area contributed by atoms with Crippen molar-refractivity contribution in [1.82, 2.24) is 19.3 Å². The van der Waals surface area contributed by atoms with Crippen LogP contribution in [0, 0.1) is 5.92 Å². The van der Waals surface area contributed by atoms with Gasteiger partial charge >= 0.3 is 0 Å². The molecule has 1 aliphatic carbocycles. The molecule has 176 valence electrons. The van der Waals surface area contributed by atoms with Gasteiger partial charge in [-0.15, -0.1) is 11.3 Å². The minimum Gasteiger partial charge on any atom is -0.310 e. The number of hydrogen-bond acceptors (Lipinski definition) is 6. The summed E-state index contributed by atoms with van der Waals surface area (Å²) in [6.07, 6.45) is 4.67. The number of anilines is 1. The van der Waals surface area contributed by atoms with E-state index in [9.17, 15) is 9.59 Å². The van der Waals surface area contributed by atoms with E-state index in [1.54, 1.807) is 32.8 Å². The zero-order chi connectivity index (χ0) is 23.8. The van der Waals surface area contributed by atoms with Crippen LogP contribution >= 0.6 is 23.1 Å². The Morgan fingerprint density at radius 1 is 1.26 bits per heavy atom. The van der Waals surface area contributed by atoms with E-state index in [0.29, 0.717) is 16.9 Å². The van der Waals surface area contributed by atoms with Gasteiger partial charge in [0.15, 0.2) is 5.16 Å². The van der Waals surface area contributed by atoms with E-state index >= 15 is 0 Å². The van der Waals surface area contributed by atoms with E-state index in [1.807, 2.05) is 44.2 Å². The Hall–Kier alpha value is -2.91. The fourth-order valence-electron chi connectivity index (χ4n) is 4.41. The monoisotopic (exact) mass is 493 g/mol. The van der Waals surface area contributed by atoms with Crippen molar-refractivity contribution in [2.75, 3.05) is 11.1 Å². The Bertz CT molecular complexity index is 1400. The van der Waals surface area contributed by atoms with Gasteiger partial charge in [-0.3, -0.25) is 14.2 Å². The first-order valence-corrected chi connectivity index (χ1v) is 13.3. The molecule has 0 spiro atoms. The smallest absolute Gasteiger partial charge is 0.267 e. The van der Waals surface area contributed by atoms with Gasteiger partial charge in [0.1, 0.15) is 10.6 Å². The molecule has 1 atom stereocenters. The number of nitrogens with one attached hydrogen (secondary N) is 1. The molecule has 1 aromatic carbocycles. The number of aromatic nitrogens is 4. The van der Waals surface area contributed by atoms with Crippen LogP contribution in [0.5, 0.6) is 0 Å². The molecule has 0 fully saturated rings. The molecule has 7 nitrogen and oxygen atoms in total. The maximum absolute atomic E-state index is 13.8. The lowest BCUT2D eigenvalue weighted by Gasteiger charge is -2.18. The molecule has 4 aromatic rings. The summed E-state index contributed by atoms with van der Waals surface area (Å²) in [5.74, 6) is 1.25. The van der Waals surface area contributed by atoms with Crippen LogP contribution in [0.2, 0.25) is 0 Å². The number of fused-ring (bicyclic) bond motifs is 3. The Labute approximate surface area is 206 Å². The molecule has 0 aliphatic heterocycles. The molecule has 0 radical (unpaired) electrons. The van der Waals surface area contributed by atoms with E-state index in [0.717, 1.165) is 40.7 Å². The molecule has 1 aliphatic rings. The van der Waals surface area contributed by atoms with Crippen molar-refractivity contribution in [2.45, 2.75) is 51.2 Å². The minimum atomic E-state index is -0.166. The minimum absolute atomic E-state index is 0.0518. The standard InChI is InChI=1S/C25H27N5O2S2/c1-15(2)30-20(11-12-26-30)27-21(31)14-33-25-28-23-22(18-10-9-16(3)13-19(18)34-23)24(32)29(25)17-7-5-4-6-8-17/h4-8,11-12,15-16H,9-10,13-14H2,1-3H3,(H,27,31). The first-order valence-electron chi connectivity index (χ1n) is 11.5. The van der Waals surface area contributed by atoms with Gasteiger partial charge in [0.05, 0.1) is 23.0 Å². The van der Waals surface area contributed by atoms with Crippen molar-refractivity contribution >= 4 is 45.0 Å². The Kier molecular flexibility index (Phi) is 6.31. The summed E-state index contributed by atoms with van der Waals surface area (Å²) in [6.45, 7) is 6.28. The first-order chi connectivity index (χ1) is 16.4. The van der Waals surface area contributed by atoms with Gasteiger partial charge in [0.25, 0.3) is 5.56 Å². The van der Waals surface area contributed by atoms with Crippen LogP contribution in [-0.4, -0.2) is 31.0 Å². The van der Waals surface area contributed by atoms with Crippen molar-refractivity contribution < 1.29 is 4.79 Å². The summed E-state index contributed by atoms with van der Waals surface area (Å²) in [5.41, 5.74) is 1.87. The Morgan fingerprint density at radius 2 is 2.06 bits per heavy atom. The lowest BCUT2D eigenvalue weighted by atomic mass is 9.89. The highest BCUT2D eigenvalue weighted by atomic mass is 32.2. The molecule has 9 heteroatoms. The van der Waals surface area contributed by atoms with Gasteiger partial charge in [-0.1, -0.05) is 36.9 Å². The lowest BCUT2D eigenvalue weighted by Crippen LogP contribution is -2.24. The summed E-state index contributed by atoms with van der Waals surface area (Å²) in [5, 5.41) is 8.46. The maximum atomic E-state index is 13.8. The summed E-state index contributed by atoms with van der Waals surface area (Å²) in [4.78, 5) is 33.5. The number of thiophene rings is 1.